The Labute approximate surface area is 143 Å². The summed E-state index contributed by atoms with van der Waals surface area (Å²) in [7, 11) is 0. The van der Waals surface area contributed by atoms with Crippen molar-refractivity contribution in [3.63, 3.8) is 0 Å². The standard InChI is InChI=1S/C19H27NO4/c1-19(2,3)24-18(22)13-4-6-14(7-5-13)20-10-11-23-17-12-15(21)8-9-16(17)20/h8-9,12-14,21H,4-7,10-11H2,1-3H3. The molecular formula is C19H27NO4. The van der Waals surface area contributed by atoms with Crippen molar-refractivity contribution in [2.24, 2.45) is 5.92 Å². The van der Waals surface area contributed by atoms with Gasteiger partial charge >= 0.3 is 5.97 Å². The Balaban J connectivity index is 1.63. The largest absolute Gasteiger partial charge is 0.508 e. The van der Waals surface area contributed by atoms with Crippen molar-refractivity contribution in [1.82, 2.24) is 0 Å². The second kappa shape index (κ2) is 6.54. The molecule has 0 unspecified atom stereocenters. The fraction of sp³-hybridized carbons (Fsp3) is 0.632. The number of carbonyl (C=O) groups excluding carboxylic acids is 1. The van der Waals surface area contributed by atoms with E-state index in [1.165, 1.54) is 0 Å². The van der Waals surface area contributed by atoms with Crippen LogP contribution >= 0.6 is 0 Å². The normalized spacial score (nSPS) is 24.0. The van der Waals surface area contributed by atoms with Gasteiger partial charge in [0.1, 0.15) is 23.7 Å². The number of aromatic hydroxyl groups is 1. The molecule has 0 radical (unpaired) electrons. The molecule has 0 atom stereocenters. The third-order valence-corrected chi connectivity index (χ3v) is 4.72. The topological polar surface area (TPSA) is 59.0 Å². The molecule has 0 spiro atoms. The number of carbonyl (C=O) groups is 1. The van der Waals surface area contributed by atoms with E-state index in [4.69, 9.17) is 9.47 Å². The van der Waals surface area contributed by atoms with Crippen molar-refractivity contribution < 1.29 is 19.4 Å². The Kier molecular flexibility index (Phi) is 4.61. The van der Waals surface area contributed by atoms with Crippen molar-refractivity contribution >= 4 is 11.7 Å². The highest BCUT2D eigenvalue weighted by atomic mass is 16.6. The first-order valence-corrected chi connectivity index (χ1v) is 8.79. The van der Waals surface area contributed by atoms with E-state index in [0.717, 1.165) is 43.7 Å². The molecule has 1 N–H and O–H groups in total. The fourth-order valence-electron chi connectivity index (χ4n) is 3.62. The van der Waals surface area contributed by atoms with E-state index >= 15 is 0 Å². The highest BCUT2D eigenvalue weighted by Crippen LogP contribution is 2.39. The van der Waals surface area contributed by atoms with Crippen LogP contribution in [0.4, 0.5) is 5.69 Å². The lowest BCUT2D eigenvalue weighted by Gasteiger charge is -2.41. The van der Waals surface area contributed by atoms with Gasteiger partial charge in [0.15, 0.2) is 0 Å². The number of phenols is 1. The Bertz CT molecular complexity index is 600. The van der Waals surface area contributed by atoms with Crippen LogP contribution in [0.2, 0.25) is 0 Å². The van der Waals surface area contributed by atoms with Crippen LogP contribution in [0, 0.1) is 5.92 Å². The van der Waals surface area contributed by atoms with Gasteiger partial charge in [0.25, 0.3) is 0 Å². The molecule has 3 rings (SSSR count). The number of anilines is 1. The second-order valence-corrected chi connectivity index (χ2v) is 7.73. The summed E-state index contributed by atoms with van der Waals surface area (Å²) in [4.78, 5) is 14.6. The molecule has 1 aromatic carbocycles. The summed E-state index contributed by atoms with van der Waals surface area (Å²) < 4.78 is 11.2. The van der Waals surface area contributed by atoms with Crippen LogP contribution in [0.25, 0.3) is 0 Å². The molecule has 0 saturated heterocycles. The molecule has 1 saturated carbocycles. The van der Waals surface area contributed by atoms with Gasteiger partial charge in [0, 0.05) is 12.1 Å². The molecule has 5 heteroatoms. The zero-order valence-corrected chi connectivity index (χ0v) is 14.7. The molecule has 132 valence electrons. The van der Waals surface area contributed by atoms with Crippen LogP contribution in [0.1, 0.15) is 46.5 Å². The van der Waals surface area contributed by atoms with E-state index in [-0.39, 0.29) is 17.6 Å². The van der Waals surface area contributed by atoms with Gasteiger partial charge in [0.2, 0.25) is 0 Å². The van der Waals surface area contributed by atoms with E-state index < -0.39 is 5.60 Å². The number of fused-ring (bicyclic) bond motifs is 1. The first-order chi connectivity index (χ1) is 11.3. The molecular weight excluding hydrogens is 306 g/mol. The molecule has 0 bridgehead atoms. The molecule has 1 heterocycles. The number of ether oxygens (including phenoxy) is 2. The van der Waals surface area contributed by atoms with Gasteiger partial charge < -0.3 is 19.5 Å². The Hall–Kier alpha value is -1.91. The van der Waals surface area contributed by atoms with Crippen LogP contribution in [-0.4, -0.2) is 35.9 Å². The maximum atomic E-state index is 12.2. The molecule has 1 aliphatic heterocycles. The second-order valence-electron chi connectivity index (χ2n) is 7.73. The molecule has 5 nitrogen and oxygen atoms in total. The van der Waals surface area contributed by atoms with Gasteiger partial charge in [-0.3, -0.25) is 4.79 Å². The number of nitrogens with zero attached hydrogens (tertiary/aromatic N) is 1. The van der Waals surface area contributed by atoms with Crippen molar-refractivity contribution in [2.45, 2.75) is 58.1 Å². The Morgan fingerprint density at radius 3 is 2.62 bits per heavy atom. The van der Waals surface area contributed by atoms with Crippen LogP contribution in [0.3, 0.4) is 0 Å². The highest BCUT2D eigenvalue weighted by Gasteiger charge is 2.33. The summed E-state index contributed by atoms with van der Waals surface area (Å²) in [5, 5.41) is 9.62. The van der Waals surface area contributed by atoms with Crippen molar-refractivity contribution in [3.05, 3.63) is 18.2 Å². The van der Waals surface area contributed by atoms with Crippen LogP contribution in [0.5, 0.6) is 11.5 Å². The summed E-state index contributed by atoms with van der Waals surface area (Å²) in [5.74, 6) is 0.925. The average Bonchev–Trinajstić information content (AvgIpc) is 2.52. The van der Waals surface area contributed by atoms with E-state index in [1.54, 1.807) is 12.1 Å². The number of phenolic OH excluding ortho intramolecular Hbond substituents is 1. The zero-order valence-electron chi connectivity index (χ0n) is 14.7. The van der Waals surface area contributed by atoms with Gasteiger partial charge in [-0.15, -0.1) is 0 Å². The molecule has 0 aromatic heterocycles. The molecule has 0 amide bonds. The lowest BCUT2D eigenvalue weighted by molar-refractivity contribution is -0.161. The maximum Gasteiger partial charge on any atom is 0.309 e. The Morgan fingerprint density at radius 1 is 1.25 bits per heavy atom. The molecule has 1 fully saturated rings. The van der Waals surface area contributed by atoms with E-state index in [9.17, 15) is 9.90 Å². The van der Waals surface area contributed by atoms with Gasteiger partial charge in [0.05, 0.1) is 18.2 Å². The van der Waals surface area contributed by atoms with Gasteiger partial charge in [-0.2, -0.15) is 0 Å². The SMILES string of the molecule is CC(C)(C)OC(=O)C1CCC(N2CCOc3cc(O)ccc32)CC1. The molecule has 1 aliphatic carbocycles. The third-order valence-electron chi connectivity index (χ3n) is 4.72. The number of esters is 1. The lowest BCUT2D eigenvalue weighted by atomic mass is 9.85. The average molecular weight is 333 g/mol. The lowest BCUT2D eigenvalue weighted by Crippen LogP contribution is -2.44. The molecule has 1 aromatic rings. The third kappa shape index (κ3) is 3.77. The first kappa shape index (κ1) is 16.9. The van der Waals surface area contributed by atoms with E-state index in [1.807, 2.05) is 26.8 Å². The maximum absolute atomic E-state index is 12.2. The fourth-order valence-corrected chi connectivity index (χ4v) is 3.62. The number of rotatable bonds is 2. The van der Waals surface area contributed by atoms with Crippen LogP contribution in [0.15, 0.2) is 18.2 Å². The van der Waals surface area contributed by atoms with Crippen LogP contribution < -0.4 is 9.64 Å². The number of benzene rings is 1. The first-order valence-electron chi connectivity index (χ1n) is 8.79. The molecule has 24 heavy (non-hydrogen) atoms. The predicted molar refractivity (Wildman–Crippen MR) is 92.5 cm³/mol. The monoisotopic (exact) mass is 333 g/mol. The van der Waals surface area contributed by atoms with Gasteiger partial charge in [-0.25, -0.2) is 0 Å². The van der Waals surface area contributed by atoms with Crippen molar-refractivity contribution in [2.75, 3.05) is 18.1 Å². The highest BCUT2D eigenvalue weighted by molar-refractivity contribution is 5.73. The minimum atomic E-state index is -0.418. The smallest absolute Gasteiger partial charge is 0.309 e. The zero-order chi connectivity index (χ0) is 17.3. The minimum absolute atomic E-state index is 0.0146. The summed E-state index contributed by atoms with van der Waals surface area (Å²) in [5.41, 5.74) is 0.624. The van der Waals surface area contributed by atoms with Crippen molar-refractivity contribution in [3.8, 4) is 11.5 Å². The predicted octanol–water partition coefficient (Wildman–Crippen LogP) is 3.49. The van der Waals surface area contributed by atoms with E-state index in [2.05, 4.69) is 4.90 Å². The molecule has 2 aliphatic rings. The quantitative estimate of drug-likeness (QED) is 0.840. The number of hydrogen-bond acceptors (Lipinski definition) is 5. The number of hydrogen-bond donors (Lipinski definition) is 1. The van der Waals surface area contributed by atoms with Crippen LogP contribution in [-0.2, 0) is 9.53 Å². The van der Waals surface area contributed by atoms with E-state index in [0.29, 0.717) is 12.6 Å². The Morgan fingerprint density at radius 2 is 1.96 bits per heavy atom. The summed E-state index contributed by atoms with van der Waals surface area (Å²) in [6.07, 6.45) is 3.68. The van der Waals surface area contributed by atoms with Crippen molar-refractivity contribution in [1.29, 1.82) is 0 Å². The summed E-state index contributed by atoms with van der Waals surface area (Å²) >= 11 is 0. The minimum Gasteiger partial charge on any atom is -0.508 e. The van der Waals surface area contributed by atoms with Gasteiger partial charge in [-0.1, -0.05) is 0 Å². The summed E-state index contributed by atoms with van der Waals surface area (Å²) in [6.45, 7) is 7.21. The summed E-state index contributed by atoms with van der Waals surface area (Å²) in [6, 6.07) is 5.71. The van der Waals surface area contributed by atoms with Gasteiger partial charge in [-0.05, 0) is 58.6 Å².